The predicted molar refractivity (Wildman–Crippen MR) is 137 cm³/mol. The number of nitrogens with zero attached hydrogens (tertiary/aromatic N) is 3. The van der Waals surface area contributed by atoms with E-state index in [9.17, 15) is 13.2 Å². The second-order valence-corrected chi connectivity index (χ2v) is 12.6. The third-order valence-electron chi connectivity index (χ3n) is 5.83. The van der Waals surface area contributed by atoms with Crippen LogP contribution in [0.1, 0.15) is 41.3 Å². The van der Waals surface area contributed by atoms with Crippen LogP contribution in [-0.4, -0.2) is 48.3 Å². The highest BCUT2D eigenvalue weighted by Gasteiger charge is 2.29. The summed E-state index contributed by atoms with van der Waals surface area (Å²) in [7, 11) is -3.61. The minimum atomic E-state index is -3.61. The molecule has 1 aliphatic heterocycles. The number of aryl methyl sites for hydroxylation is 1. The van der Waals surface area contributed by atoms with E-state index in [1.165, 1.54) is 32.8 Å². The molecular formula is C24H28N4O3S3. The number of hydrogen-bond acceptors (Lipinski definition) is 8. The average Bonchev–Trinajstić information content (AvgIpc) is 3.30. The van der Waals surface area contributed by atoms with Gasteiger partial charge >= 0.3 is 0 Å². The number of carbonyl (C=O) groups excluding carboxylic acids is 1. The Balaban J connectivity index is 1.35. The van der Waals surface area contributed by atoms with E-state index in [0.29, 0.717) is 29.7 Å². The molecule has 2 aromatic carbocycles. The number of rotatable bonds is 9. The van der Waals surface area contributed by atoms with Gasteiger partial charge in [0.15, 0.2) is 10.1 Å². The van der Waals surface area contributed by atoms with Gasteiger partial charge in [0.05, 0.1) is 11.4 Å². The summed E-state index contributed by atoms with van der Waals surface area (Å²) < 4.78 is 28.5. The van der Waals surface area contributed by atoms with E-state index in [4.69, 9.17) is 0 Å². The highest BCUT2D eigenvalue weighted by atomic mass is 32.2. The van der Waals surface area contributed by atoms with Crippen LogP contribution in [0.5, 0.6) is 0 Å². The maximum atomic E-state index is 13.1. The number of Topliss-reactive ketones (excluding diaryl/α,β-unsaturated/α-hetero) is 1. The van der Waals surface area contributed by atoms with Crippen molar-refractivity contribution in [1.29, 1.82) is 0 Å². The van der Waals surface area contributed by atoms with Crippen LogP contribution >= 0.6 is 23.1 Å². The maximum Gasteiger partial charge on any atom is 0.243 e. The van der Waals surface area contributed by atoms with E-state index in [1.54, 1.807) is 30.0 Å². The van der Waals surface area contributed by atoms with Crippen molar-refractivity contribution in [3.63, 3.8) is 0 Å². The molecular weight excluding hydrogens is 488 g/mol. The fraction of sp³-hybridized carbons (Fsp3) is 0.375. The molecule has 0 saturated carbocycles. The number of aromatic nitrogens is 2. The molecule has 0 radical (unpaired) electrons. The quantitative estimate of drug-likeness (QED) is 0.321. The van der Waals surface area contributed by atoms with Gasteiger partial charge < -0.3 is 5.32 Å². The zero-order chi connectivity index (χ0) is 24.1. The van der Waals surface area contributed by atoms with E-state index < -0.39 is 10.0 Å². The standard InChI is InChI=1S/C24H28N4O3S3/c1-17-7-6-12-28(15-17)34(30,31)21-11-5-10-19(13-21)22(29)14-25-23-26-27-24(33-23)32-16-20-9-4-3-8-18(20)2/h3-5,8-11,13,17H,6-7,12,14-16H2,1-2H3,(H,25,26). The molecule has 1 saturated heterocycles. The monoisotopic (exact) mass is 516 g/mol. The topological polar surface area (TPSA) is 92.3 Å². The molecule has 1 aliphatic rings. The van der Waals surface area contributed by atoms with Gasteiger partial charge in [0, 0.05) is 24.4 Å². The van der Waals surface area contributed by atoms with Crippen LogP contribution in [0.4, 0.5) is 5.13 Å². The van der Waals surface area contributed by atoms with Crippen molar-refractivity contribution in [2.75, 3.05) is 25.0 Å². The zero-order valence-electron chi connectivity index (χ0n) is 19.2. The first-order chi connectivity index (χ1) is 16.3. The zero-order valence-corrected chi connectivity index (χ0v) is 21.7. The number of benzene rings is 2. The Morgan fingerprint density at radius 3 is 2.82 bits per heavy atom. The first-order valence-corrected chi connectivity index (χ1v) is 14.5. The number of piperidine rings is 1. The maximum absolute atomic E-state index is 13.1. The Morgan fingerprint density at radius 1 is 1.21 bits per heavy atom. The molecule has 7 nitrogen and oxygen atoms in total. The lowest BCUT2D eigenvalue weighted by Gasteiger charge is -2.30. The molecule has 10 heteroatoms. The molecule has 1 aromatic heterocycles. The average molecular weight is 517 g/mol. The lowest BCUT2D eigenvalue weighted by molar-refractivity contribution is 0.101. The Bertz CT molecular complexity index is 1260. The molecule has 180 valence electrons. The van der Waals surface area contributed by atoms with Gasteiger partial charge in [-0.2, -0.15) is 4.31 Å². The Kier molecular flexibility index (Phi) is 8.02. The number of thioether (sulfide) groups is 1. The van der Waals surface area contributed by atoms with Crippen molar-refractivity contribution in [2.24, 2.45) is 5.92 Å². The van der Waals surface area contributed by atoms with Gasteiger partial charge in [-0.15, -0.1) is 10.2 Å². The Hall–Kier alpha value is -2.27. The van der Waals surface area contributed by atoms with Crippen LogP contribution < -0.4 is 5.32 Å². The van der Waals surface area contributed by atoms with Gasteiger partial charge in [-0.3, -0.25) is 4.79 Å². The van der Waals surface area contributed by atoms with Crippen molar-refractivity contribution in [3.8, 4) is 0 Å². The molecule has 0 amide bonds. The van der Waals surface area contributed by atoms with Crippen LogP contribution in [-0.2, 0) is 15.8 Å². The molecule has 0 spiro atoms. The molecule has 3 aromatic rings. The fourth-order valence-electron chi connectivity index (χ4n) is 3.85. The lowest BCUT2D eigenvalue weighted by atomic mass is 10.0. The summed E-state index contributed by atoms with van der Waals surface area (Å²) in [6.45, 7) is 5.20. The van der Waals surface area contributed by atoms with Crippen LogP contribution in [0, 0.1) is 12.8 Å². The first-order valence-electron chi connectivity index (χ1n) is 11.2. The van der Waals surface area contributed by atoms with Crippen molar-refractivity contribution >= 4 is 44.0 Å². The van der Waals surface area contributed by atoms with Gasteiger partial charge in [-0.25, -0.2) is 8.42 Å². The highest BCUT2D eigenvalue weighted by molar-refractivity contribution is 8.00. The largest absolute Gasteiger partial charge is 0.353 e. The number of hydrogen-bond donors (Lipinski definition) is 1. The Morgan fingerprint density at radius 2 is 2.03 bits per heavy atom. The number of ketones is 1. The minimum Gasteiger partial charge on any atom is -0.353 e. The summed E-state index contributed by atoms with van der Waals surface area (Å²) >= 11 is 3.00. The normalized spacial score (nSPS) is 16.9. The minimum absolute atomic E-state index is 0.0152. The van der Waals surface area contributed by atoms with Gasteiger partial charge in [-0.1, -0.05) is 66.4 Å². The molecule has 0 bridgehead atoms. The second-order valence-electron chi connectivity index (χ2n) is 8.50. The van der Waals surface area contributed by atoms with Crippen LogP contribution in [0.3, 0.4) is 0 Å². The molecule has 4 rings (SSSR count). The summed E-state index contributed by atoms with van der Waals surface area (Å²) in [5, 5.41) is 11.9. The first kappa shape index (κ1) is 24.8. The van der Waals surface area contributed by atoms with E-state index in [-0.39, 0.29) is 17.2 Å². The number of sulfonamides is 1. The second kappa shape index (κ2) is 11.0. The lowest BCUT2D eigenvalue weighted by Crippen LogP contribution is -2.39. The molecule has 34 heavy (non-hydrogen) atoms. The fourth-order valence-corrected chi connectivity index (χ4v) is 7.32. The van der Waals surface area contributed by atoms with E-state index in [2.05, 4.69) is 41.5 Å². The molecule has 1 N–H and O–H groups in total. The van der Waals surface area contributed by atoms with Crippen molar-refractivity contribution in [1.82, 2.24) is 14.5 Å². The van der Waals surface area contributed by atoms with Crippen LogP contribution in [0.25, 0.3) is 0 Å². The van der Waals surface area contributed by atoms with Gasteiger partial charge in [0.1, 0.15) is 0 Å². The van der Waals surface area contributed by atoms with E-state index in [1.807, 2.05) is 12.1 Å². The van der Waals surface area contributed by atoms with Crippen LogP contribution in [0.15, 0.2) is 57.8 Å². The smallest absolute Gasteiger partial charge is 0.243 e. The summed E-state index contributed by atoms with van der Waals surface area (Å²) in [4.78, 5) is 12.9. The highest BCUT2D eigenvalue weighted by Crippen LogP contribution is 2.29. The SMILES string of the molecule is Cc1ccccc1CSc1nnc(NCC(=O)c2cccc(S(=O)(=O)N3CCCC(C)C3)c2)s1. The molecule has 0 aliphatic carbocycles. The molecule has 1 atom stereocenters. The Labute approximate surface area is 209 Å². The van der Waals surface area contributed by atoms with Crippen molar-refractivity contribution < 1.29 is 13.2 Å². The van der Waals surface area contributed by atoms with Gasteiger partial charge in [0.2, 0.25) is 15.2 Å². The molecule has 1 fully saturated rings. The van der Waals surface area contributed by atoms with Crippen LogP contribution in [0.2, 0.25) is 0 Å². The number of nitrogens with one attached hydrogen (secondary N) is 1. The summed E-state index contributed by atoms with van der Waals surface area (Å²) in [6.07, 6.45) is 1.89. The third-order valence-corrected chi connectivity index (χ3v) is 9.76. The van der Waals surface area contributed by atoms with E-state index >= 15 is 0 Å². The summed E-state index contributed by atoms with van der Waals surface area (Å²) in [5.74, 6) is 0.940. The molecule has 1 unspecified atom stereocenters. The summed E-state index contributed by atoms with van der Waals surface area (Å²) in [6, 6.07) is 14.5. The molecule has 2 heterocycles. The van der Waals surface area contributed by atoms with E-state index in [0.717, 1.165) is 22.9 Å². The van der Waals surface area contributed by atoms with Gasteiger partial charge in [0.25, 0.3) is 0 Å². The van der Waals surface area contributed by atoms with Crippen molar-refractivity contribution in [3.05, 3.63) is 65.2 Å². The summed E-state index contributed by atoms with van der Waals surface area (Å²) in [5.41, 5.74) is 2.85. The van der Waals surface area contributed by atoms with Gasteiger partial charge in [-0.05, 0) is 48.9 Å². The number of anilines is 1. The third kappa shape index (κ3) is 6.04. The van der Waals surface area contributed by atoms with Crippen molar-refractivity contribution in [2.45, 2.75) is 41.7 Å². The number of carbonyl (C=O) groups is 1. The predicted octanol–water partition coefficient (Wildman–Crippen LogP) is 4.85.